The lowest BCUT2D eigenvalue weighted by Gasteiger charge is -2.39. The number of hydrogen-bond acceptors (Lipinski definition) is 10. The highest BCUT2D eigenvalue weighted by atomic mass is 16.7. The molecule has 0 saturated carbocycles. The number of benzene rings is 1. The maximum Gasteiger partial charge on any atom is 0.371 e. The van der Waals surface area contributed by atoms with Gasteiger partial charge in [-0.2, -0.15) is 0 Å². The predicted molar refractivity (Wildman–Crippen MR) is 102 cm³/mol. The van der Waals surface area contributed by atoms with Gasteiger partial charge >= 0.3 is 11.6 Å². The highest BCUT2D eigenvalue weighted by Crippen LogP contribution is 2.28. The second-order valence-corrected chi connectivity index (χ2v) is 6.93. The van der Waals surface area contributed by atoms with Crippen molar-refractivity contribution < 1.29 is 48.6 Å². The average Bonchev–Trinajstić information content (AvgIpc) is 3.24. The van der Waals surface area contributed by atoms with Gasteiger partial charge in [-0.1, -0.05) is 0 Å². The lowest BCUT2D eigenvalue weighted by molar-refractivity contribution is -0.277. The van der Waals surface area contributed by atoms with Crippen LogP contribution in [0, 0.1) is 0 Å². The van der Waals surface area contributed by atoms with E-state index in [1.54, 1.807) is 6.07 Å². The molecular weight excluding hydrogens is 416 g/mol. The molecule has 5 atom stereocenters. The molecule has 0 spiro atoms. The third-order valence-corrected chi connectivity index (χ3v) is 4.89. The summed E-state index contributed by atoms with van der Waals surface area (Å²) in [6, 6.07) is 8.41. The fraction of sp³-hybridized carbons (Fsp3) is 0.300. The van der Waals surface area contributed by atoms with Crippen molar-refractivity contribution in [2.75, 3.05) is 6.61 Å². The molecule has 5 N–H and O–H groups in total. The minimum absolute atomic E-state index is 0.0302. The van der Waals surface area contributed by atoms with Crippen molar-refractivity contribution in [3.63, 3.8) is 0 Å². The van der Waals surface area contributed by atoms with E-state index in [1.807, 2.05) is 0 Å². The Balaban J connectivity index is 1.61. The fourth-order valence-electron chi connectivity index (χ4n) is 3.23. The molecule has 11 heteroatoms. The number of ether oxygens (including phenoxy) is 2. The number of aliphatic hydroxyl groups excluding tert-OH is 4. The summed E-state index contributed by atoms with van der Waals surface area (Å²) < 4.78 is 21.2. The molecule has 0 unspecified atom stereocenters. The van der Waals surface area contributed by atoms with Gasteiger partial charge in [0.25, 0.3) is 0 Å². The normalized spacial score (nSPS) is 26.1. The molecule has 164 valence electrons. The summed E-state index contributed by atoms with van der Waals surface area (Å²) in [6.45, 7) is -0.601. The van der Waals surface area contributed by atoms with Crippen LogP contribution < -0.4 is 10.4 Å². The van der Waals surface area contributed by atoms with Crippen molar-refractivity contribution >= 4 is 16.9 Å². The van der Waals surface area contributed by atoms with E-state index in [4.69, 9.17) is 23.4 Å². The molecule has 1 saturated heterocycles. The first kappa shape index (κ1) is 21.0. The van der Waals surface area contributed by atoms with Gasteiger partial charge in [0.2, 0.25) is 12.1 Å². The first-order valence-corrected chi connectivity index (χ1v) is 9.17. The molecule has 3 aromatic rings. The fourth-order valence-corrected chi connectivity index (χ4v) is 3.23. The number of furan rings is 1. The van der Waals surface area contributed by atoms with Crippen molar-refractivity contribution in [1.29, 1.82) is 0 Å². The minimum Gasteiger partial charge on any atom is -0.475 e. The van der Waals surface area contributed by atoms with E-state index in [0.29, 0.717) is 5.39 Å². The van der Waals surface area contributed by atoms with E-state index in [0.717, 1.165) is 0 Å². The number of carboxylic acid groups (broad SMARTS) is 1. The molecule has 31 heavy (non-hydrogen) atoms. The van der Waals surface area contributed by atoms with Gasteiger partial charge in [-0.25, -0.2) is 9.59 Å². The number of hydrogen-bond donors (Lipinski definition) is 5. The van der Waals surface area contributed by atoms with Gasteiger partial charge in [0.15, 0.2) is 0 Å². The Morgan fingerprint density at radius 3 is 2.45 bits per heavy atom. The quantitative estimate of drug-likeness (QED) is 0.339. The van der Waals surface area contributed by atoms with E-state index >= 15 is 0 Å². The summed E-state index contributed by atoms with van der Waals surface area (Å²) in [5.74, 6) is -1.43. The van der Waals surface area contributed by atoms with Crippen molar-refractivity contribution in [3.05, 3.63) is 52.6 Å². The Bertz CT molecular complexity index is 1160. The summed E-state index contributed by atoms with van der Waals surface area (Å²) >= 11 is 0. The number of aromatic carboxylic acids is 1. The van der Waals surface area contributed by atoms with Gasteiger partial charge in [-0.3, -0.25) is 0 Å². The zero-order chi connectivity index (χ0) is 22.3. The zero-order valence-corrected chi connectivity index (χ0v) is 15.7. The summed E-state index contributed by atoms with van der Waals surface area (Å²) in [6.07, 6.45) is -7.23. The van der Waals surface area contributed by atoms with Gasteiger partial charge in [0.1, 0.15) is 47.1 Å². The first-order valence-electron chi connectivity index (χ1n) is 9.17. The lowest BCUT2D eigenvalue weighted by atomic mass is 9.99. The van der Waals surface area contributed by atoms with E-state index in [-0.39, 0.29) is 28.4 Å². The van der Waals surface area contributed by atoms with Crippen LogP contribution in [0.25, 0.3) is 22.3 Å². The Kier molecular flexibility index (Phi) is 5.52. The largest absolute Gasteiger partial charge is 0.475 e. The lowest BCUT2D eigenvalue weighted by Crippen LogP contribution is -2.60. The molecule has 1 aliphatic heterocycles. The van der Waals surface area contributed by atoms with Gasteiger partial charge in [0.05, 0.1) is 6.61 Å². The van der Waals surface area contributed by atoms with Crippen molar-refractivity contribution in [2.45, 2.75) is 30.7 Å². The maximum atomic E-state index is 12.4. The Morgan fingerprint density at radius 1 is 1.00 bits per heavy atom. The summed E-state index contributed by atoms with van der Waals surface area (Å²) in [7, 11) is 0. The molecule has 3 heterocycles. The second-order valence-electron chi connectivity index (χ2n) is 6.93. The van der Waals surface area contributed by atoms with Crippen LogP contribution in [-0.2, 0) is 4.74 Å². The molecule has 2 aromatic heterocycles. The monoisotopic (exact) mass is 434 g/mol. The molecule has 0 amide bonds. The molecular formula is C20H18O11. The summed E-state index contributed by atoms with van der Waals surface area (Å²) in [5, 5.41) is 48.4. The van der Waals surface area contributed by atoms with E-state index in [9.17, 15) is 30.0 Å². The third-order valence-electron chi connectivity index (χ3n) is 4.89. The molecule has 0 aliphatic carbocycles. The standard InChI is InChI=1S/C20H18O11/c21-7-14-15(22)16(23)17(24)20(31-14)28-9-2-1-8-5-10(19(27)30-13(8)6-9)11-3-4-12(29-11)18(25)26/h1-6,14-17,20-24H,7H2,(H,25,26)/t14-,15-,16+,17-,20-/m1/s1. The molecule has 1 aliphatic rings. The van der Waals surface area contributed by atoms with Crippen molar-refractivity contribution in [2.24, 2.45) is 0 Å². The Morgan fingerprint density at radius 2 is 1.77 bits per heavy atom. The molecule has 1 aromatic carbocycles. The summed E-state index contributed by atoms with van der Waals surface area (Å²) in [4.78, 5) is 23.3. The first-order chi connectivity index (χ1) is 14.8. The number of rotatable bonds is 5. The summed E-state index contributed by atoms with van der Waals surface area (Å²) in [5.41, 5.74) is -0.618. The maximum absolute atomic E-state index is 12.4. The van der Waals surface area contributed by atoms with Crippen molar-refractivity contribution in [1.82, 2.24) is 0 Å². The van der Waals surface area contributed by atoms with Crippen LogP contribution in [0.3, 0.4) is 0 Å². The molecule has 4 rings (SSSR count). The van der Waals surface area contributed by atoms with Crippen LogP contribution in [0.1, 0.15) is 10.6 Å². The van der Waals surface area contributed by atoms with E-state index in [1.165, 1.54) is 30.3 Å². The number of fused-ring (bicyclic) bond motifs is 1. The molecule has 1 fully saturated rings. The highest BCUT2D eigenvalue weighted by Gasteiger charge is 2.44. The second kappa shape index (κ2) is 8.13. The van der Waals surface area contributed by atoms with Gasteiger partial charge in [-0.05, 0) is 30.3 Å². The minimum atomic E-state index is -1.60. The van der Waals surface area contributed by atoms with Crippen LogP contribution in [-0.4, -0.2) is 68.8 Å². The number of carboxylic acids is 1. The third kappa shape index (κ3) is 3.92. The van der Waals surface area contributed by atoms with E-state index in [2.05, 4.69) is 0 Å². The zero-order valence-electron chi connectivity index (χ0n) is 15.7. The van der Waals surface area contributed by atoms with Crippen LogP contribution in [0.15, 0.2) is 50.0 Å². The number of carbonyl (C=O) groups is 1. The smallest absolute Gasteiger partial charge is 0.371 e. The Hall–Kier alpha value is -3.22. The van der Waals surface area contributed by atoms with Crippen LogP contribution in [0.2, 0.25) is 0 Å². The molecule has 0 radical (unpaired) electrons. The van der Waals surface area contributed by atoms with Gasteiger partial charge in [-0.15, -0.1) is 0 Å². The van der Waals surface area contributed by atoms with Gasteiger partial charge in [0, 0.05) is 11.5 Å². The van der Waals surface area contributed by atoms with Gasteiger partial charge < -0.3 is 43.8 Å². The number of aliphatic hydroxyl groups is 4. The van der Waals surface area contributed by atoms with Crippen LogP contribution >= 0.6 is 0 Å². The predicted octanol–water partition coefficient (Wildman–Crippen LogP) is -0.0701. The topological polar surface area (TPSA) is 180 Å². The van der Waals surface area contributed by atoms with Crippen LogP contribution in [0.5, 0.6) is 5.75 Å². The van der Waals surface area contributed by atoms with Crippen molar-refractivity contribution in [3.8, 4) is 17.1 Å². The SMILES string of the molecule is O=C(O)c1ccc(-c2cc3ccc(O[C@@H]4O[C@H](CO)[C@@H](O)[C@H](O)[C@H]4O)cc3oc2=O)o1. The van der Waals surface area contributed by atoms with Crippen LogP contribution in [0.4, 0.5) is 0 Å². The Labute approximate surface area is 173 Å². The highest BCUT2D eigenvalue weighted by molar-refractivity contribution is 5.86. The molecule has 0 bridgehead atoms. The van der Waals surface area contributed by atoms with E-state index < -0.39 is 48.9 Å². The average molecular weight is 434 g/mol. The molecule has 11 nitrogen and oxygen atoms in total.